The molecule has 2 aliphatic heterocycles. The Balaban J connectivity index is 1.39. The predicted octanol–water partition coefficient (Wildman–Crippen LogP) is 3.88. The zero-order chi connectivity index (χ0) is 30.4. The Bertz CT molecular complexity index is 1960. The SMILES string of the molecule is CNc1ncc2c(n1)N1CCN=C1C(c1cc(NC(=O)c3cn(C(C)C)c(=O)n(-c4ccc(F)cc4)c3=O)ccc1C)=C2. The van der Waals surface area contributed by atoms with Crippen LogP contribution in [-0.2, 0) is 0 Å². The van der Waals surface area contributed by atoms with Crippen LogP contribution in [0.5, 0.6) is 0 Å². The average Bonchev–Trinajstić information content (AvgIpc) is 3.49. The minimum Gasteiger partial charge on any atom is -0.357 e. The molecule has 2 N–H and O–H groups in total. The lowest BCUT2D eigenvalue weighted by molar-refractivity contribution is 0.102. The van der Waals surface area contributed by atoms with E-state index in [-0.39, 0.29) is 17.3 Å². The van der Waals surface area contributed by atoms with Crippen molar-refractivity contribution in [1.82, 2.24) is 19.1 Å². The highest BCUT2D eigenvalue weighted by Gasteiger charge is 2.31. The molecule has 1 amide bonds. The monoisotopic (exact) mass is 580 g/mol. The lowest BCUT2D eigenvalue weighted by Crippen LogP contribution is -2.42. The fourth-order valence-electron chi connectivity index (χ4n) is 5.23. The number of rotatable bonds is 6. The Morgan fingerprint density at radius 2 is 1.86 bits per heavy atom. The van der Waals surface area contributed by atoms with Crippen molar-refractivity contribution < 1.29 is 9.18 Å². The van der Waals surface area contributed by atoms with E-state index in [1.54, 1.807) is 33.2 Å². The second-order valence-corrected chi connectivity index (χ2v) is 10.6. The molecule has 0 bridgehead atoms. The van der Waals surface area contributed by atoms with Gasteiger partial charge in [-0.1, -0.05) is 6.07 Å². The normalized spacial score (nSPS) is 13.8. The third-order valence-electron chi connectivity index (χ3n) is 7.44. The van der Waals surface area contributed by atoms with E-state index < -0.39 is 23.0 Å². The van der Waals surface area contributed by atoms with Crippen LogP contribution in [0.2, 0.25) is 0 Å². The second kappa shape index (κ2) is 10.8. The summed E-state index contributed by atoms with van der Waals surface area (Å²) in [5.74, 6) is 0.889. The summed E-state index contributed by atoms with van der Waals surface area (Å²) < 4.78 is 15.8. The van der Waals surface area contributed by atoms with Gasteiger partial charge in [-0.2, -0.15) is 4.98 Å². The predicted molar refractivity (Wildman–Crippen MR) is 165 cm³/mol. The Morgan fingerprint density at radius 3 is 2.58 bits per heavy atom. The number of aliphatic imine (C=N–C) groups is 1. The number of amidine groups is 1. The van der Waals surface area contributed by atoms with Gasteiger partial charge in [-0.25, -0.2) is 18.7 Å². The van der Waals surface area contributed by atoms with Crippen LogP contribution < -0.4 is 26.8 Å². The summed E-state index contributed by atoms with van der Waals surface area (Å²) in [6.07, 6.45) is 5.02. The van der Waals surface area contributed by atoms with Crippen LogP contribution in [0.1, 0.15) is 46.9 Å². The molecule has 6 rings (SSSR count). The standard InChI is InChI=1S/C31H29FN8O3/c1-17(2)39-16-25(29(42)40(31(39)43)22-9-6-20(32)7-10-22)28(41)36-21-8-5-18(3)23(14-21)24-13-19-15-35-30(33-4)37-26(19)38-12-11-34-27(24)38/h5-10,13-17H,11-12H2,1-4H3,(H,36,41)(H,33,35,37). The molecule has 0 unspecified atom stereocenters. The summed E-state index contributed by atoms with van der Waals surface area (Å²) >= 11 is 0. The van der Waals surface area contributed by atoms with Gasteiger partial charge < -0.3 is 15.5 Å². The molecule has 0 aliphatic carbocycles. The fourth-order valence-corrected chi connectivity index (χ4v) is 5.23. The topological polar surface area (TPSA) is 127 Å². The van der Waals surface area contributed by atoms with Crippen molar-refractivity contribution >= 4 is 40.8 Å². The lowest BCUT2D eigenvalue weighted by atomic mass is 9.94. The first-order chi connectivity index (χ1) is 20.7. The molecule has 2 aromatic heterocycles. The van der Waals surface area contributed by atoms with Crippen molar-refractivity contribution in [3.05, 3.63) is 104 Å². The summed E-state index contributed by atoms with van der Waals surface area (Å²) in [5, 5.41) is 5.80. The van der Waals surface area contributed by atoms with E-state index in [1.165, 1.54) is 22.9 Å². The quantitative estimate of drug-likeness (QED) is 0.354. The smallest absolute Gasteiger partial charge is 0.335 e. The van der Waals surface area contributed by atoms with E-state index >= 15 is 0 Å². The highest BCUT2D eigenvalue weighted by molar-refractivity contribution is 6.36. The Labute approximate surface area is 246 Å². The largest absolute Gasteiger partial charge is 0.357 e. The van der Waals surface area contributed by atoms with E-state index in [0.717, 1.165) is 50.6 Å². The number of anilines is 3. The van der Waals surface area contributed by atoms with Crippen LogP contribution in [0.3, 0.4) is 0 Å². The summed E-state index contributed by atoms with van der Waals surface area (Å²) in [5.41, 5.74) is 2.49. The van der Waals surface area contributed by atoms with Crippen molar-refractivity contribution in [2.45, 2.75) is 26.8 Å². The molecule has 0 fully saturated rings. The van der Waals surface area contributed by atoms with Crippen molar-refractivity contribution in [3.63, 3.8) is 0 Å². The number of aromatic nitrogens is 4. The van der Waals surface area contributed by atoms with Crippen LogP contribution in [0.25, 0.3) is 17.3 Å². The average molecular weight is 581 g/mol. The van der Waals surface area contributed by atoms with Gasteiger partial charge in [-0.05, 0) is 74.4 Å². The summed E-state index contributed by atoms with van der Waals surface area (Å²) in [6.45, 7) is 6.81. The molecule has 0 saturated carbocycles. The highest BCUT2D eigenvalue weighted by atomic mass is 19.1. The number of hydrogen-bond donors (Lipinski definition) is 2. The Morgan fingerprint density at radius 1 is 1.09 bits per heavy atom. The molecule has 0 spiro atoms. The molecular weight excluding hydrogens is 551 g/mol. The van der Waals surface area contributed by atoms with Crippen LogP contribution >= 0.6 is 0 Å². The van der Waals surface area contributed by atoms with Crippen LogP contribution in [-0.4, -0.2) is 51.0 Å². The zero-order valence-electron chi connectivity index (χ0n) is 24.1. The lowest BCUT2D eigenvalue weighted by Gasteiger charge is -2.28. The first kappa shape index (κ1) is 27.8. The fraction of sp³-hybridized carbons (Fsp3) is 0.226. The number of hydrogen-bond acceptors (Lipinski definition) is 8. The van der Waals surface area contributed by atoms with Gasteiger partial charge in [-0.3, -0.25) is 19.1 Å². The van der Waals surface area contributed by atoms with Gasteiger partial charge in [0.05, 0.1) is 12.2 Å². The van der Waals surface area contributed by atoms with Crippen LogP contribution in [0.4, 0.5) is 21.8 Å². The number of halogens is 1. The molecule has 4 aromatic rings. The number of carbonyl (C=O) groups is 1. The minimum absolute atomic E-state index is 0.162. The maximum atomic E-state index is 13.6. The highest BCUT2D eigenvalue weighted by Crippen LogP contribution is 2.37. The number of benzene rings is 2. The minimum atomic E-state index is -0.804. The van der Waals surface area contributed by atoms with Gasteiger partial charge in [-0.15, -0.1) is 0 Å². The Kier molecular flexibility index (Phi) is 6.96. The third-order valence-corrected chi connectivity index (χ3v) is 7.44. The number of carbonyl (C=O) groups excluding carboxylic acids is 1. The molecule has 12 heteroatoms. The number of fused-ring (bicyclic) bond motifs is 3. The molecule has 2 aromatic carbocycles. The van der Waals surface area contributed by atoms with Gasteiger partial charge in [0.2, 0.25) is 5.95 Å². The van der Waals surface area contributed by atoms with E-state index in [4.69, 9.17) is 4.99 Å². The zero-order valence-corrected chi connectivity index (χ0v) is 24.1. The van der Waals surface area contributed by atoms with E-state index in [9.17, 15) is 18.8 Å². The molecule has 218 valence electrons. The molecule has 0 radical (unpaired) electrons. The van der Waals surface area contributed by atoms with Gasteiger partial charge in [0, 0.05) is 48.9 Å². The third kappa shape index (κ3) is 4.90. The number of nitrogens with zero attached hydrogens (tertiary/aromatic N) is 6. The van der Waals surface area contributed by atoms with E-state index in [0.29, 0.717) is 24.7 Å². The first-order valence-corrected chi connectivity index (χ1v) is 13.8. The summed E-state index contributed by atoms with van der Waals surface area (Å²) in [4.78, 5) is 56.0. The van der Waals surface area contributed by atoms with Crippen molar-refractivity contribution in [2.75, 3.05) is 35.7 Å². The molecule has 4 heterocycles. The Hall–Kier alpha value is -5.39. The molecule has 11 nitrogen and oxygen atoms in total. The molecule has 2 aliphatic rings. The summed E-state index contributed by atoms with van der Waals surface area (Å²) in [7, 11) is 1.77. The van der Waals surface area contributed by atoms with Gasteiger partial charge in [0.15, 0.2) is 0 Å². The van der Waals surface area contributed by atoms with Gasteiger partial charge >= 0.3 is 5.69 Å². The van der Waals surface area contributed by atoms with E-state index in [1.807, 2.05) is 25.1 Å². The number of nitrogens with one attached hydrogen (secondary N) is 2. The number of amides is 1. The maximum Gasteiger partial charge on any atom is 0.335 e. The molecule has 0 saturated heterocycles. The van der Waals surface area contributed by atoms with Crippen LogP contribution in [0, 0.1) is 12.7 Å². The van der Waals surface area contributed by atoms with Crippen LogP contribution in [0.15, 0.2) is 69.4 Å². The summed E-state index contributed by atoms with van der Waals surface area (Å²) in [6, 6.07) is 10.1. The van der Waals surface area contributed by atoms with E-state index in [2.05, 4.69) is 25.5 Å². The van der Waals surface area contributed by atoms with Crippen molar-refractivity contribution in [2.24, 2.45) is 4.99 Å². The van der Waals surface area contributed by atoms with Crippen molar-refractivity contribution in [1.29, 1.82) is 0 Å². The second-order valence-electron chi connectivity index (χ2n) is 10.6. The maximum absolute atomic E-state index is 13.6. The van der Waals surface area contributed by atoms with Gasteiger partial charge in [0.25, 0.3) is 11.5 Å². The first-order valence-electron chi connectivity index (χ1n) is 13.8. The van der Waals surface area contributed by atoms with Gasteiger partial charge in [0.1, 0.15) is 23.0 Å². The molecular formula is C31H29FN8O3. The molecule has 43 heavy (non-hydrogen) atoms. The molecule has 0 atom stereocenters. The number of aryl methyl sites for hydroxylation is 1. The van der Waals surface area contributed by atoms with Crippen molar-refractivity contribution in [3.8, 4) is 5.69 Å².